The molecule has 0 heteroatoms. The van der Waals surface area contributed by atoms with Gasteiger partial charge in [-0.1, -0.05) is 43.4 Å². The molecule has 0 fully saturated rings. The predicted octanol–water partition coefficient (Wildman–Crippen LogP) is 3.89. The Kier molecular flexibility index (Phi) is 3.30. The molecule has 0 saturated heterocycles. The second-order valence-electron chi connectivity index (χ2n) is 3.86. The van der Waals surface area contributed by atoms with Crippen LogP contribution in [0.2, 0.25) is 0 Å². The van der Waals surface area contributed by atoms with Crippen LogP contribution in [0.5, 0.6) is 0 Å². The molecule has 0 aromatic heterocycles. The van der Waals surface area contributed by atoms with Crippen molar-refractivity contribution in [3.05, 3.63) is 49.6 Å². The summed E-state index contributed by atoms with van der Waals surface area (Å²) in [6.45, 7) is 9.96. The average molecular weight is 174 g/mol. The summed E-state index contributed by atoms with van der Waals surface area (Å²) in [6, 6.07) is 0. The van der Waals surface area contributed by atoms with Gasteiger partial charge in [0, 0.05) is 0 Å². The molecule has 1 rings (SSSR count). The van der Waals surface area contributed by atoms with Crippen LogP contribution in [0.1, 0.15) is 19.8 Å². The molecular formula is C13H18. The highest BCUT2D eigenvalue weighted by atomic mass is 14.3. The normalized spacial score (nSPS) is 28.4. The first kappa shape index (κ1) is 10.0. The van der Waals surface area contributed by atoms with E-state index in [-0.39, 0.29) is 5.41 Å². The van der Waals surface area contributed by atoms with Crippen LogP contribution in [-0.2, 0) is 0 Å². The molecule has 0 bridgehead atoms. The zero-order chi connectivity index (χ0) is 9.73. The number of allylic oxidation sites excluding steroid dienone is 6. The summed E-state index contributed by atoms with van der Waals surface area (Å²) in [6.07, 6.45) is 14.9. The topological polar surface area (TPSA) is 0 Å². The van der Waals surface area contributed by atoms with Crippen LogP contribution >= 0.6 is 0 Å². The third kappa shape index (κ3) is 2.21. The summed E-state index contributed by atoms with van der Waals surface area (Å²) < 4.78 is 0. The van der Waals surface area contributed by atoms with Gasteiger partial charge in [0.2, 0.25) is 0 Å². The summed E-state index contributed by atoms with van der Waals surface area (Å²) in [7, 11) is 0. The Morgan fingerprint density at radius 3 is 2.69 bits per heavy atom. The second-order valence-corrected chi connectivity index (χ2v) is 3.86. The van der Waals surface area contributed by atoms with E-state index < -0.39 is 0 Å². The molecule has 0 aliphatic heterocycles. The van der Waals surface area contributed by atoms with Crippen LogP contribution in [0.3, 0.4) is 0 Å². The van der Waals surface area contributed by atoms with E-state index in [1.54, 1.807) is 0 Å². The summed E-state index contributed by atoms with van der Waals surface area (Å²) in [5.41, 5.74) is 0.241. The monoisotopic (exact) mass is 174 g/mol. The van der Waals surface area contributed by atoms with Crippen LogP contribution in [-0.4, -0.2) is 0 Å². The van der Waals surface area contributed by atoms with Gasteiger partial charge in [0.1, 0.15) is 0 Å². The maximum atomic E-state index is 3.89. The van der Waals surface area contributed by atoms with E-state index in [0.29, 0.717) is 5.92 Å². The second kappa shape index (κ2) is 4.27. The maximum Gasteiger partial charge on any atom is -0.00433 e. The smallest absolute Gasteiger partial charge is 0.00433 e. The lowest BCUT2D eigenvalue weighted by Gasteiger charge is -2.33. The van der Waals surface area contributed by atoms with E-state index in [4.69, 9.17) is 0 Å². The van der Waals surface area contributed by atoms with Gasteiger partial charge in [0.05, 0.1) is 0 Å². The van der Waals surface area contributed by atoms with Crippen LogP contribution < -0.4 is 0 Å². The van der Waals surface area contributed by atoms with E-state index >= 15 is 0 Å². The van der Waals surface area contributed by atoms with Gasteiger partial charge in [-0.05, 0) is 24.2 Å². The van der Waals surface area contributed by atoms with Gasteiger partial charge < -0.3 is 0 Å². The number of rotatable bonds is 4. The maximum absolute atomic E-state index is 3.89. The highest BCUT2D eigenvalue weighted by Crippen LogP contribution is 2.38. The lowest BCUT2D eigenvalue weighted by molar-refractivity contribution is 0.311. The summed E-state index contributed by atoms with van der Waals surface area (Å²) in [4.78, 5) is 0. The van der Waals surface area contributed by atoms with Crippen molar-refractivity contribution in [2.24, 2.45) is 11.3 Å². The molecule has 1 aliphatic rings. The minimum atomic E-state index is 0.241. The summed E-state index contributed by atoms with van der Waals surface area (Å²) in [5.74, 6) is 0.506. The van der Waals surface area contributed by atoms with Gasteiger partial charge >= 0.3 is 0 Å². The first-order valence-electron chi connectivity index (χ1n) is 4.81. The fraction of sp³-hybridized carbons (Fsp3) is 0.385. The lowest BCUT2D eigenvalue weighted by atomic mass is 9.71. The fourth-order valence-corrected chi connectivity index (χ4v) is 1.83. The van der Waals surface area contributed by atoms with E-state index in [1.807, 2.05) is 12.2 Å². The molecule has 0 saturated carbocycles. The number of hydrogen-bond acceptors (Lipinski definition) is 0. The van der Waals surface area contributed by atoms with Crippen LogP contribution in [0.4, 0.5) is 0 Å². The molecular weight excluding hydrogens is 156 g/mol. The minimum absolute atomic E-state index is 0.241. The van der Waals surface area contributed by atoms with E-state index in [2.05, 4.69) is 44.4 Å². The van der Waals surface area contributed by atoms with Crippen molar-refractivity contribution in [2.45, 2.75) is 19.8 Å². The van der Waals surface area contributed by atoms with E-state index in [0.717, 1.165) is 12.8 Å². The molecule has 2 unspecified atom stereocenters. The quantitative estimate of drug-likeness (QED) is 0.567. The van der Waals surface area contributed by atoms with E-state index in [1.165, 1.54) is 0 Å². The van der Waals surface area contributed by atoms with Crippen molar-refractivity contribution in [3.63, 3.8) is 0 Å². The molecule has 0 aromatic rings. The summed E-state index contributed by atoms with van der Waals surface area (Å²) in [5, 5.41) is 0. The molecule has 0 N–H and O–H groups in total. The largest absolute Gasteiger partial charge is 0.103 e. The third-order valence-electron chi connectivity index (χ3n) is 2.83. The first-order valence-corrected chi connectivity index (χ1v) is 4.81. The van der Waals surface area contributed by atoms with Crippen molar-refractivity contribution >= 4 is 0 Å². The zero-order valence-corrected chi connectivity index (χ0v) is 8.37. The van der Waals surface area contributed by atoms with Crippen molar-refractivity contribution < 1.29 is 0 Å². The Labute approximate surface area is 81.4 Å². The Balaban J connectivity index is 2.76. The summed E-state index contributed by atoms with van der Waals surface area (Å²) >= 11 is 0. The third-order valence-corrected chi connectivity index (χ3v) is 2.83. The number of hydrogen-bond donors (Lipinski definition) is 0. The molecule has 0 radical (unpaired) electrons. The standard InChI is InChI=1S/C13H18/c1-4-9-12(5-2)13(3)10-7-6-8-11-13/h4-8,10,12H,1-2,9,11H2,3H3. The van der Waals surface area contributed by atoms with Crippen molar-refractivity contribution in [3.8, 4) is 0 Å². The molecule has 0 nitrogen and oxygen atoms in total. The molecule has 0 amide bonds. The van der Waals surface area contributed by atoms with Crippen LogP contribution in [0, 0.1) is 11.3 Å². The lowest BCUT2D eigenvalue weighted by Crippen LogP contribution is -2.23. The molecule has 70 valence electrons. The Hall–Kier alpha value is -1.04. The van der Waals surface area contributed by atoms with Gasteiger partial charge in [-0.3, -0.25) is 0 Å². The van der Waals surface area contributed by atoms with Crippen LogP contribution in [0.15, 0.2) is 49.6 Å². The van der Waals surface area contributed by atoms with Crippen molar-refractivity contribution in [1.29, 1.82) is 0 Å². The SMILES string of the molecule is C=CCC(C=C)C1(C)C=CC=CC1. The highest BCUT2D eigenvalue weighted by Gasteiger charge is 2.28. The zero-order valence-electron chi connectivity index (χ0n) is 8.37. The van der Waals surface area contributed by atoms with Gasteiger partial charge in [0.15, 0.2) is 0 Å². The first-order chi connectivity index (χ1) is 6.23. The molecule has 13 heavy (non-hydrogen) atoms. The van der Waals surface area contributed by atoms with Gasteiger partial charge in [0.25, 0.3) is 0 Å². The van der Waals surface area contributed by atoms with E-state index in [9.17, 15) is 0 Å². The average Bonchev–Trinajstić information content (AvgIpc) is 2.15. The molecule has 0 aromatic carbocycles. The van der Waals surface area contributed by atoms with Crippen molar-refractivity contribution in [2.75, 3.05) is 0 Å². The molecule has 2 atom stereocenters. The van der Waals surface area contributed by atoms with Gasteiger partial charge in [-0.15, -0.1) is 13.2 Å². The predicted molar refractivity (Wildman–Crippen MR) is 59.5 cm³/mol. The molecule has 1 aliphatic carbocycles. The highest BCUT2D eigenvalue weighted by molar-refractivity contribution is 5.18. The fourth-order valence-electron chi connectivity index (χ4n) is 1.83. The Bertz CT molecular complexity index is 245. The van der Waals surface area contributed by atoms with Gasteiger partial charge in [-0.25, -0.2) is 0 Å². The van der Waals surface area contributed by atoms with Gasteiger partial charge in [-0.2, -0.15) is 0 Å². The van der Waals surface area contributed by atoms with Crippen LogP contribution in [0.25, 0.3) is 0 Å². The molecule has 0 heterocycles. The minimum Gasteiger partial charge on any atom is -0.103 e. The Morgan fingerprint density at radius 2 is 2.23 bits per heavy atom. The molecule has 0 spiro atoms. The van der Waals surface area contributed by atoms with Crippen molar-refractivity contribution in [1.82, 2.24) is 0 Å². The Morgan fingerprint density at radius 1 is 1.46 bits per heavy atom.